The molecule has 0 radical (unpaired) electrons. The molecule has 0 saturated carbocycles. The lowest BCUT2D eigenvalue weighted by Gasteiger charge is -2.16. The standard InChI is InChI=1S/C16H23NO3/c1-2-3-5-10-14-15(20-16(18)17-14)12-19-11-13-8-6-4-7-9-13/h4,6-9,14-15H,2-3,5,10-12H2,1H3,(H,17,18)/t14-,15-/m1/s1. The second-order valence-electron chi connectivity index (χ2n) is 5.19. The van der Waals surface area contributed by atoms with E-state index in [0.717, 1.165) is 18.4 Å². The minimum Gasteiger partial charge on any atom is -0.442 e. The zero-order chi connectivity index (χ0) is 14.2. The van der Waals surface area contributed by atoms with Crippen LogP contribution in [0, 0.1) is 0 Å². The van der Waals surface area contributed by atoms with Crippen LogP contribution in [0.25, 0.3) is 0 Å². The quantitative estimate of drug-likeness (QED) is 0.742. The van der Waals surface area contributed by atoms with Crippen LogP contribution in [0.5, 0.6) is 0 Å². The van der Waals surface area contributed by atoms with E-state index in [1.54, 1.807) is 0 Å². The van der Waals surface area contributed by atoms with Gasteiger partial charge in [-0.1, -0.05) is 56.5 Å². The molecule has 1 aliphatic heterocycles. The van der Waals surface area contributed by atoms with Gasteiger partial charge >= 0.3 is 6.09 Å². The fraction of sp³-hybridized carbons (Fsp3) is 0.562. The average Bonchev–Trinajstić information content (AvgIpc) is 2.81. The van der Waals surface area contributed by atoms with Crippen LogP contribution in [0.4, 0.5) is 4.79 Å². The highest BCUT2D eigenvalue weighted by atomic mass is 16.6. The highest BCUT2D eigenvalue weighted by molar-refractivity contribution is 5.70. The Kier molecular flexibility index (Phi) is 5.87. The number of amides is 1. The molecular weight excluding hydrogens is 254 g/mol. The lowest BCUT2D eigenvalue weighted by Crippen LogP contribution is -2.34. The molecule has 20 heavy (non-hydrogen) atoms. The van der Waals surface area contributed by atoms with Crippen molar-refractivity contribution < 1.29 is 14.3 Å². The normalized spacial score (nSPS) is 21.6. The van der Waals surface area contributed by atoms with Crippen molar-refractivity contribution in [2.75, 3.05) is 6.61 Å². The third-order valence-corrected chi connectivity index (χ3v) is 3.52. The molecule has 4 heteroatoms. The number of nitrogens with one attached hydrogen (secondary N) is 1. The molecule has 1 fully saturated rings. The average molecular weight is 277 g/mol. The summed E-state index contributed by atoms with van der Waals surface area (Å²) in [6.45, 7) is 3.17. The zero-order valence-electron chi connectivity index (χ0n) is 12.0. The van der Waals surface area contributed by atoms with Gasteiger partial charge in [-0.3, -0.25) is 0 Å². The molecule has 0 aliphatic carbocycles. The Morgan fingerprint density at radius 3 is 2.80 bits per heavy atom. The third-order valence-electron chi connectivity index (χ3n) is 3.52. The second-order valence-corrected chi connectivity index (χ2v) is 5.19. The van der Waals surface area contributed by atoms with Crippen LogP contribution in [0.3, 0.4) is 0 Å². The van der Waals surface area contributed by atoms with Gasteiger partial charge in [0.05, 0.1) is 19.3 Å². The largest absolute Gasteiger partial charge is 0.442 e. The number of unbranched alkanes of at least 4 members (excludes halogenated alkanes) is 2. The number of hydrogen-bond acceptors (Lipinski definition) is 3. The molecule has 0 aromatic heterocycles. The molecule has 1 N–H and O–H groups in total. The lowest BCUT2D eigenvalue weighted by atomic mass is 10.0. The van der Waals surface area contributed by atoms with Crippen molar-refractivity contribution in [3.63, 3.8) is 0 Å². The SMILES string of the molecule is CCCCC[C@H]1NC(=O)O[C@@H]1COCc1ccccc1. The fourth-order valence-electron chi connectivity index (χ4n) is 2.39. The lowest BCUT2D eigenvalue weighted by molar-refractivity contribution is 0.0262. The number of benzene rings is 1. The maximum Gasteiger partial charge on any atom is 0.407 e. The van der Waals surface area contributed by atoms with Gasteiger partial charge in [0.25, 0.3) is 0 Å². The van der Waals surface area contributed by atoms with E-state index in [9.17, 15) is 4.79 Å². The predicted octanol–water partition coefficient (Wildman–Crippen LogP) is 3.26. The maximum absolute atomic E-state index is 11.3. The molecular formula is C16H23NO3. The smallest absolute Gasteiger partial charge is 0.407 e. The van der Waals surface area contributed by atoms with Gasteiger partial charge in [0.15, 0.2) is 0 Å². The van der Waals surface area contributed by atoms with Gasteiger partial charge in [-0.05, 0) is 12.0 Å². The maximum atomic E-state index is 11.3. The van der Waals surface area contributed by atoms with Crippen molar-refractivity contribution in [3.8, 4) is 0 Å². The highest BCUT2D eigenvalue weighted by Crippen LogP contribution is 2.16. The summed E-state index contributed by atoms with van der Waals surface area (Å²) in [4.78, 5) is 11.3. The van der Waals surface area contributed by atoms with E-state index < -0.39 is 0 Å². The van der Waals surface area contributed by atoms with Crippen molar-refractivity contribution >= 4 is 6.09 Å². The molecule has 2 atom stereocenters. The zero-order valence-corrected chi connectivity index (χ0v) is 12.0. The molecule has 110 valence electrons. The van der Waals surface area contributed by atoms with Gasteiger partial charge in [-0.25, -0.2) is 4.79 Å². The van der Waals surface area contributed by atoms with Gasteiger partial charge in [0.1, 0.15) is 6.10 Å². The summed E-state index contributed by atoms with van der Waals surface area (Å²) in [6, 6.07) is 10.1. The van der Waals surface area contributed by atoms with Gasteiger partial charge in [-0.15, -0.1) is 0 Å². The summed E-state index contributed by atoms with van der Waals surface area (Å²) >= 11 is 0. The first-order chi connectivity index (χ1) is 9.79. The Morgan fingerprint density at radius 2 is 2.05 bits per heavy atom. The molecule has 1 saturated heterocycles. The minimum absolute atomic E-state index is 0.0878. The van der Waals surface area contributed by atoms with Gasteiger partial charge in [0, 0.05) is 0 Å². The Balaban J connectivity index is 1.73. The van der Waals surface area contributed by atoms with Crippen LogP contribution in [0.15, 0.2) is 30.3 Å². The Bertz CT molecular complexity index is 407. The van der Waals surface area contributed by atoms with Crippen molar-refractivity contribution in [1.82, 2.24) is 5.32 Å². The fourth-order valence-corrected chi connectivity index (χ4v) is 2.39. The first kappa shape index (κ1) is 14.9. The van der Waals surface area contributed by atoms with E-state index >= 15 is 0 Å². The minimum atomic E-state index is -0.320. The van der Waals surface area contributed by atoms with E-state index in [0.29, 0.717) is 13.2 Å². The number of carbonyl (C=O) groups is 1. The number of alkyl carbamates (subject to hydrolysis) is 1. The van der Waals surface area contributed by atoms with E-state index in [2.05, 4.69) is 12.2 Å². The van der Waals surface area contributed by atoms with Gasteiger partial charge < -0.3 is 14.8 Å². The van der Waals surface area contributed by atoms with Crippen LogP contribution in [0.2, 0.25) is 0 Å². The third kappa shape index (κ3) is 4.53. The van der Waals surface area contributed by atoms with E-state index in [1.807, 2.05) is 30.3 Å². The molecule has 1 amide bonds. The summed E-state index contributed by atoms with van der Waals surface area (Å²) in [5.41, 5.74) is 1.13. The summed E-state index contributed by atoms with van der Waals surface area (Å²) < 4.78 is 10.9. The Labute approximate surface area is 120 Å². The van der Waals surface area contributed by atoms with Crippen molar-refractivity contribution in [2.24, 2.45) is 0 Å². The monoisotopic (exact) mass is 277 g/mol. The topological polar surface area (TPSA) is 47.6 Å². The van der Waals surface area contributed by atoms with Crippen LogP contribution < -0.4 is 5.32 Å². The van der Waals surface area contributed by atoms with Crippen LogP contribution >= 0.6 is 0 Å². The molecule has 1 heterocycles. The molecule has 1 aromatic carbocycles. The Morgan fingerprint density at radius 1 is 1.25 bits per heavy atom. The highest BCUT2D eigenvalue weighted by Gasteiger charge is 2.33. The molecule has 2 rings (SSSR count). The first-order valence-corrected chi connectivity index (χ1v) is 7.38. The summed E-state index contributed by atoms with van der Waals surface area (Å²) in [5.74, 6) is 0. The summed E-state index contributed by atoms with van der Waals surface area (Å²) in [5, 5.41) is 2.87. The number of rotatable bonds is 8. The molecule has 0 spiro atoms. The van der Waals surface area contributed by atoms with Crippen LogP contribution in [0.1, 0.15) is 38.2 Å². The predicted molar refractivity (Wildman–Crippen MR) is 77.4 cm³/mol. The van der Waals surface area contributed by atoms with Crippen LogP contribution in [-0.4, -0.2) is 24.8 Å². The molecule has 1 aromatic rings. The summed E-state index contributed by atoms with van der Waals surface area (Å²) in [7, 11) is 0. The summed E-state index contributed by atoms with van der Waals surface area (Å²) in [6.07, 6.45) is 3.95. The molecule has 1 aliphatic rings. The number of ether oxygens (including phenoxy) is 2. The van der Waals surface area contributed by atoms with E-state index in [4.69, 9.17) is 9.47 Å². The number of carbonyl (C=O) groups excluding carboxylic acids is 1. The molecule has 4 nitrogen and oxygen atoms in total. The van der Waals surface area contributed by atoms with Crippen molar-refractivity contribution in [3.05, 3.63) is 35.9 Å². The van der Waals surface area contributed by atoms with E-state index in [1.165, 1.54) is 12.8 Å². The van der Waals surface area contributed by atoms with Crippen molar-refractivity contribution in [1.29, 1.82) is 0 Å². The second kappa shape index (κ2) is 7.90. The van der Waals surface area contributed by atoms with Crippen molar-refractivity contribution in [2.45, 2.75) is 51.4 Å². The molecule has 0 unspecified atom stereocenters. The number of hydrogen-bond donors (Lipinski definition) is 1. The first-order valence-electron chi connectivity index (χ1n) is 7.38. The van der Waals surface area contributed by atoms with Crippen LogP contribution in [-0.2, 0) is 16.1 Å². The van der Waals surface area contributed by atoms with Gasteiger partial charge in [-0.2, -0.15) is 0 Å². The number of cyclic esters (lactones) is 1. The van der Waals surface area contributed by atoms with E-state index in [-0.39, 0.29) is 18.2 Å². The molecule has 0 bridgehead atoms. The van der Waals surface area contributed by atoms with Gasteiger partial charge in [0.2, 0.25) is 0 Å². The Hall–Kier alpha value is -1.55.